The second kappa shape index (κ2) is 6.74. The number of anilines is 1. The minimum absolute atomic E-state index is 0.426. The van der Waals surface area contributed by atoms with Gasteiger partial charge in [-0.25, -0.2) is 0 Å². The van der Waals surface area contributed by atoms with Crippen LogP contribution in [0, 0.1) is 6.92 Å². The predicted molar refractivity (Wildman–Crippen MR) is 91.0 cm³/mol. The average Bonchev–Trinajstić information content (AvgIpc) is 2.83. The first kappa shape index (κ1) is 16.1. The van der Waals surface area contributed by atoms with Crippen molar-refractivity contribution < 1.29 is 19.1 Å². The summed E-state index contributed by atoms with van der Waals surface area (Å²) in [6.07, 6.45) is 0.637. The van der Waals surface area contributed by atoms with Crippen LogP contribution in [0.4, 0.5) is 5.69 Å². The largest absolute Gasteiger partial charge is 0.497 e. The first-order chi connectivity index (χ1) is 11.6. The minimum Gasteiger partial charge on any atom is -0.497 e. The first-order valence-electron chi connectivity index (χ1n) is 7.84. The Bertz CT molecular complexity index is 767. The van der Waals surface area contributed by atoms with Crippen LogP contribution in [0.2, 0.25) is 0 Å². The maximum atomic E-state index is 12.1. The Kier molecular flexibility index (Phi) is 4.51. The summed E-state index contributed by atoms with van der Waals surface area (Å²) >= 11 is 0. The molecule has 0 fully saturated rings. The fraction of sp³-hybridized carbons (Fsp3) is 0.263. The number of amides is 1. The molecule has 0 N–H and O–H groups in total. The van der Waals surface area contributed by atoms with Crippen LogP contribution in [-0.2, 0) is 4.79 Å². The molecule has 1 amide bonds. The first-order valence-corrected chi connectivity index (χ1v) is 7.84. The highest BCUT2D eigenvalue weighted by Gasteiger charge is 2.35. The van der Waals surface area contributed by atoms with Crippen molar-refractivity contribution in [2.75, 3.05) is 25.2 Å². The standard InChI is InChI=1S/C19H19NO4/c1-13-4-9-17-16(12-13)18(21)19(22)20(17)10-3-11-24-15-7-5-14(23-2)6-8-15/h4-9,12H,3,10-11H2,1-2H3. The summed E-state index contributed by atoms with van der Waals surface area (Å²) in [4.78, 5) is 25.7. The molecule has 1 aliphatic heterocycles. The molecule has 2 aromatic rings. The quantitative estimate of drug-likeness (QED) is 0.605. The number of benzene rings is 2. The van der Waals surface area contributed by atoms with Crippen molar-refractivity contribution in [1.82, 2.24) is 0 Å². The van der Waals surface area contributed by atoms with Gasteiger partial charge >= 0.3 is 0 Å². The molecule has 24 heavy (non-hydrogen) atoms. The van der Waals surface area contributed by atoms with E-state index < -0.39 is 11.7 Å². The molecular weight excluding hydrogens is 306 g/mol. The fourth-order valence-corrected chi connectivity index (χ4v) is 2.72. The third-order valence-corrected chi connectivity index (χ3v) is 3.98. The summed E-state index contributed by atoms with van der Waals surface area (Å²) in [7, 11) is 1.61. The highest BCUT2D eigenvalue weighted by Crippen LogP contribution is 2.29. The van der Waals surface area contributed by atoms with Gasteiger partial charge in [-0.3, -0.25) is 9.59 Å². The lowest BCUT2D eigenvalue weighted by Crippen LogP contribution is -2.31. The molecule has 1 heterocycles. The summed E-state index contributed by atoms with van der Waals surface area (Å²) in [5.74, 6) is 0.635. The molecule has 124 valence electrons. The summed E-state index contributed by atoms with van der Waals surface area (Å²) < 4.78 is 10.8. The van der Waals surface area contributed by atoms with Gasteiger partial charge in [-0.15, -0.1) is 0 Å². The van der Waals surface area contributed by atoms with E-state index in [0.717, 1.165) is 17.1 Å². The topological polar surface area (TPSA) is 55.8 Å². The van der Waals surface area contributed by atoms with Crippen LogP contribution >= 0.6 is 0 Å². The van der Waals surface area contributed by atoms with Crippen molar-refractivity contribution in [2.24, 2.45) is 0 Å². The summed E-state index contributed by atoms with van der Waals surface area (Å²) in [6, 6.07) is 12.8. The van der Waals surface area contributed by atoms with E-state index in [1.807, 2.05) is 43.3 Å². The van der Waals surface area contributed by atoms with Crippen LogP contribution in [0.5, 0.6) is 11.5 Å². The van der Waals surface area contributed by atoms with Crippen molar-refractivity contribution in [3.8, 4) is 11.5 Å². The number of ketones is 1. The van der Waals surface area contributed by atoms with Crippen LogP contribution in [0.25, 0.3) is 0 Å². The monoisotopic (exact) mass is 325 g/mol. The second-order valence-corrected chi connectivity index (χ2v) is 5.68. The molecule has 0 spiro atoms. The zero-order valence-electron chi connectivity index (χ0n) is 13.7. The number of carbonyl (C=O) groups excluding carboxylic acids is 2. The molecule has 5 nitrogen and oxygen atoms in total. The van der Waals surface area contributed by atoms with Gasteiger partial charge in [0.2, 0.25) is 0 Å². The molecule has 0 radical (unpaired) electrons. The summed E-state index contributed by atoms with van der Waals surface area (Å²) in [6.45, 7) is 2.83. The third kappa shape index (κ3) is 3.11. The maximum absolute atomic E-state index is 12.1. The number of fused-ring (bicyclic) bond motifs is 1. The van der Waals surface area contributed by atoms with Crippen LogP contribution in [-0.4, -0.2) is 32.0 Å². The van der Waals surface area contributed by atoms with Gasteiger partial charge in [-0.2, -0.15) is 0 Å². The van der Waals surface area contributed by atoms with E-state index in [2.05, 4.69) is 0 Å². The molecule has 2 aromatic carbocycles. The maximum Gasteiger partial charge on any atom is 0.299 e. The molecule has 0 unspecified atom stereocenters. The van der Waals surface area contributed by atoms with E-state index in [0.29, 0.717) is 30.8 Å². The van der Waals surface area contributed by atoms with Crippen molar-refractivity contribution in [1.29, 1.82) is 0 Å². The minimum atomic E-state index is -0.458. The number of nitrogens with zero attached hydrogens (tertiary/aromatic N) is 1. The molecular formula is C19H19NO4. The number of hydrogen-bond acceptors (Lipinski definition) is 4. The lowest BCUT2D eigenvalue weighted by molar-refractivity contribution is -0.114. The molecule has 0 aromatic heterocycles. The van der Waals surface area contributed by atoms with Crippen LogP contribution in [0.3, 0.4) is 0 Å². The van der Waals surface area contributed by atoms with Gasteiger partial charge < -0.3 is 14.4 Å². The molecule has 1 aliphatic rings. The van der Waals surface area contributed by atoms with Crippen molar-refractivity contribution in [3.63, 3.8) is 0 Å². The summed E-state index contributed by atoms with van der Waals surface area (Å²) in [5.41, 5.74) is 2.16. The normalized spacial score (nSPS) is 13.2. The Morgan fingerprint density at radius 2 is 1.71 bits per heavy atom. The Labute approximate surface area is 140 Å². The van der Waals surface area contributed by atoms with E-state index in [1.54, 1.807) is 13.2 Å². The number of aryl methyl sites for hydroxylation is 1. The number of carbonyl (C=O) groups is 2. The van der Waals surface area contributed by atoms with E-state index >= 15 is 0 Å². The number of ether oxygens (including phenoxy) is 2. The highest BCUT2D eigenvalue weighted by molar-refractivity contribution is 6.52. The van der Waals surface area contributed by atoms with Crippen LogP contribution < -0.4 is 14.4 Å². The van der Waals surface area contributed by atoms with Crippen LogP contribution in [0.1, 0.15) is 22.3 Å². The number of hydrogen-bond donors (Lipinski definition) is 0. The van der Waals surface area contributed by atoms with Crippen LogP contribution in [0.15, 0.2) is 42.5 Å². The molecule has 0 saturated carbocycles. The lowest BCUT2D eigenvalue weighted by Gasteiger charge is -2.16. The lowest BCUT2D eigenvalue weighted by atomic mass is 10.1. The van der Waals surface area contributed by atoms with E-state index in [4.69, 9.17) is 9.47 Å². The zero-order valence-corrected chi connectivity index (χ0v) is 13.7. The summed E-state index contributed by atoms with van der Waals surface area (Å²) in [5, 5.41) is 0. The number of rotatable bonds is 6. The SMILES string of the molecule is COc1ccc(OCCCN2C(=O)C(=O)c3cc(C)ccc32)cc1. The van der Waals surface area contributed by atoms with Gasteiger partial charge in [-0.05, 0) is 49.7 Å². The Morgan fingerprint density at radius 1 is 1.00 bits per heavy atom. The van der Waals surface area contributed by atoms with Gasteiger partial charge in [-0.1, -0.05) is 11.6 Å². The van der Waals surface area contributed by atoms with Crippen molar-refractivity contribution in [3.05, 3.63) is 53.6 Å². The molecule has 3 rings (SSSR count). The van der Waals surface area contributed by atoms with Gasteiger partial charge in [0, 0.05) is 6.54 Å². The van der Waals surface area contributed by atoms with E-state index in [9.17, 15) is 9.59 Å². The molecule has 5 heteroatoms. The highest BCUT2D eigenvalue weighted by atomic mass is 16.5. The van der Waals surface area contributed by atoms with Gasteiger partial charge in [0.1, 0.15) is 11.5 Å². The predicted octanol–water partition coefficient (Wildman–Crippen LogP) is 3.00. The van der Waals surface area contributed by atoms with Crippen molar-refractivity contribution in [2.45, 2.75) is 13.3 Å². The Morgan fingerprint density at radius 3 is 2.42 bits per heavy atom. The fourth-order valence-electron chi connectivity index (χ4n) is 2.72. The molecule has 0 saturated heterocycles. The van der Waals surface area contributed by atoms with Crippen molar-refractivity contribution >= 4 is 17.4 Å². The number of methoxy groups -OCH3 is 1. The second-order valence-electron chi connectivity index (χ2n) is 5.68. The van der Waals surface area contributed by atoms with Gasteiger partial charge in [0.05, 0.1) is 25.0 Å². The van der Waals surface area contributed by atoms with Gasteiger partial charge in [0.25, 0.3) is 11.7 Å². The average molecular weight is 325 g/mol. The smallest absolute Gasteiger partial charge is 0.299 e. The van der Waals surface area contributed by atoms with E-state index in [-0.39, 0.29) is 0 Å². The third-order valence-electron chi connectivity index (χ3n) is 3.98. The zero-order chi connectivity index (χ0) is 17.1. The Hall–Kier alpha value is -2.82. The number of Topliss-reactive ketones (excluding diaryl/α,β-unsaturated/α-hetero) is 1. The molecule has 0 aliphatic carbocycles. The Balaban J connectivity index is 1.57. The molecule has 0 bridgehead atoms. The molecule has 0 atom stereocenters. The van der Waals surface area contributed by atoms with Gasteiger partial charge in [0.15, 0.2) is 0 Å². The van der Waals surface area contributed by atoms with E-state index in [1.165, 1.54) is 4.90 Å².